The number of carbonyl (C=O) groups is 2. The number of phenols is 1. The number of nitrogens with one attached hydrogen (secondary N) is 1. The number of aromatic carboxylic acids is 1. The zero-order chi connectivity index (χ0) is 19.1. The number of carbonyl (C=O) groups excluding carboxylic acids is 1. The van der Waals surface area contributed by atoms with Crippen molar-refractivity contribution in [2.24, 2.45) is 0 Å². The zero-order valence-electron chi connectivity index (χ0n) is 14.2. The second kappa shape index (κ2) is 6.14. The smallest absolute Gasteiger partial charge is 0.354 e. The standard InChI is InChI=1S/C20H14N2O5/c1-27-20(26)13-8-10(6-7-16(13)23)17-18-12(9-15(22-17)19(24)25)11-4-2-3-5-14(11)21-18/h2-9,21,23H,1H3,(H,24,25). The summed E-state index contributed by atoms with van der Waals surface area (Å²) < 4.78 is 4.68. The lowest BCUT2D eigenvalue weighted by Crippen LogP contribution is -2.04. The molecule has 0 radical (unpaired) electrons. The molecule has 0 amide bonds. The maximum atomic E-state index is 11.9. The van der Waals surface area contributed by atoms with Gasteiger partial charge in [0.05, 0.1) is 18.3 Å². The van der Waals surface area contributed by atoms with Gasteiger partial charge in [0, 0.05) is 21.9 Å². The first-order valence-corrected chi connectivity index (χ1v) is 8.06. The third kappa shape index (κ3) is 2.65. The fraction of sp³-hybridized carbons (Fsp3) is 0.0500. The fourth-order valence-corrected chi connectivity index (χ4v) is 3.12. The Bertz CT molecular complexity index is 1230. The number of phenolic OH excluding ortho intramolecular Hbond substituents is 1. The zero-order valence-corrected chi connectivity index (χ0v) is 14.2. The van der Waals surface area contributed by atoms with Crippen LogP contribution in [0.25, 0.3) is 33.1 Å². The van der Waals surface area contributed by atoms with Gasteiger partial charge in [0.25, 0.3) is 0 Å². The van der Waals surface area contributed by atoms with Crippen molar-refractivity contribution < 1.29 is 24.5 Å². The van der Waals surface area contributed by atoms with E-state index in [-0.39, 0.29) is 17.0 Å². The number of aromatic hydroxyl groups is 1. The SMILES string of the molecule is COC(=O)c1cc(-c2nc(C(=O)O)cc3c2[nH]c2ccccc23)ccc1O. The Morgan fingerprint density at radius 3 is 2.59 bits per heavy atom. The minimum absolute atomic E-state index is 0.0261. The fourth-order valence-electron chi connectivity index (χ4n) is 3.12. The topological polar surface area (TPSA) is 113 Å². The van der Waals surface area contributed by atoms with E-state index in [0.29, 0.717) is 22.2 Å². The number of methoxy groups -OCH3 is 1. The number of esters is 1. The van der Waals surface area contributed by atoms with Crippen LogP contribution < -0.4 is 0 Å². The molecule has 2 aromatic heterocycles. The molecule has 7 heteroatoms. The highest BCUT2D eigenvalue weighted by Gasteiger charge is 2.19. The Balaban J connectivity index is 2.06. The number of ether oxygens (including phenoxy) is 1. The van der Waals surface area contributed by atoms with Crippen LogP contribution in [0.4, 0.5) is 0 Å². The van der Waals surface area contributed by atoms with Gasteiger partial charge in [0.2, 0.25) is 0 Å². The number of para-hydroxylation sites is 1. The summed E-state index contributed by atoms with van der Waals surface area (Å²) in [5, 5.41) is 21.0. The number of pyridine rings is 1. The van der Waals surface area contributed by atoms with E-state index in [2.05, 4.69) is 14.7 Å². The average Bonchev–Trinajstić information content (AvgIpc) is 3.05. The summed E-state index contributed by atoms with van der Waals surface area (Å²) in [7, 11) is 1.22. The highest BCUT2D eigenvalue weighted by Crippen LogP contribution is 2.34. The van der Waals surface area contributed by atoms with Crippen LogP contribution in [-0.2, 0) is 4.74 Å². The van der Waals surface area contributed by atoms with E-state index in [1.165, 1.54) is 25.3 Å². The summed E-state index contributed by atoms with van der Waals surface area (Å²) in [5.74, 6) is -2.08. The molecule has 0 atom stereocenters. The molecule has 4 aromatic rings. The van der Waals surface area contributed by atoms with Crippen LogP contribution in [0.15, 0.2) is 48.5 Å². The molecule has 0 saturated heterocycles. The third-order valence-electron chi connectivity index (χ3n) is 4.39. The predicted octanol–water partition coefficient (Wildman–Crippen LogP) is 3.57. The highest BCUT2D eigenvalue weighted by atomic mass is 16.5. The number of benzene rings is 2. The van der Waals surface area contributed by atoms with Crippen molar-refractivity contribution in [3.63, 3.8) is 0 Å². The summed E-state index contributed by atoms with van der Waals surface area (Å²) in [5.41, 5.74) is 2.18. The Hall–Kier alpha value is -3.87. The third-order valence-corrected chi connectivity index (χ3v) is 4.39. The first-order chi connectivity index (χ1) is 13.0. The molecule has 0 saturated carbocycles. The van der Waals surface area contributed by atoms with Crippen LogP contribution in [0, 0.1) is 0 Å². The molecule has 27 heavy (non-hydrogen) atoms. The van der Waals surface area contributed by atoms with Gasteiger partial charge in [-0.1, -0.05) is 18.2 Å². The van der Waals surface area contributed by atoms with Crippen molar-refractivity contribution in [1.82, 2.24) is 9.97 Å². The largest absolute Gasteiger partial charge is 0.507 e. The van der Waals surface area contributed by atoms with Gasteiger partial charge in [-0.25, -0.2) is 14.6 Å². The van der Waals surface area contributed by atoms with Crippen molar-refractivity contribution in [2.45, 2.75) is 0 Å². The summed E-state index contributed by atoms with van der Waals surface area (Å²) in [4.78, 5) is 31.0. The minimum atomic E-state index is -1.16. The second-order valence-corrected chi connectivity index (χ2v) is 5.98. The van der Waals surface area contributed by atoms with Gasteiger partial charge in [-0.2, -0.15) is 0 Å². The Morgan fingerprint density at radius 2 is 1.85 bits per heavy atom. The number of carboxylic acid groups (broad SMARTS) is 1. The van der Waals surface area contributed by atoms with Gasteiger partial charge >= 0.3 is 11.9 Å². The van der Waals surface area contributed by atoms with Crippen molar-refractivity contribution in [2.75, 3.05) is 7.11 Å². The number of carboxylic acids is 1. The van der Waals surface area contributed by atoms with Gasteiger partial charge in [0.1, 0.15) is 17.0 Å². The molecule has 0 fully saturated rings. The number of H-pyrrole nitrogens is 1. The lowest BCUT2D eigenvalue weighted by molar-refractivity contribution is 0.0596. The number of rotatable bonds is 3. The number of hydrogen-bond donors (Lipinski definition) is 3. The first kappa shape index (κ1) is 16.6. The molecule has 0 spiro atoms. The summed E-state index contributed by atoms with van der Waals surface area (Å²) >= 11 is 0. The quantitative estimate of drug-likeness (QED) is 0.480. The molecule has 4 rings (SSSR count). The number of aromatic nitrogens is 2. The Kier molecular flexibility index (Phi) is 3.77. The lowest BCUT2D eigenvalue weighted by Gasteiger charge is -2.08. The van der Waals surface area contributed by atoms with Crippen molar-refractivity contribution in [3.05, 3.63) is 59.8 Å². The molecule has 2 aromatic carbocycles. The maximum absolute atomic E-state index is 11.9. The molecular weight excluding hydrogens is 348 g/mol. The van der Waals surface area contributed by atoms with Crippen LogP contribution in [0.3, 0.4) is 0 Å². The second-order valence-electron chi connectivity index (χ2n) is 5.98. The molecule has 0 aliphatic carbocycles. The molecule has 134 valence electrons. The molecule has 2 heterocycles. The van der Waals surface area contributed by atoms with Gasteiger partial charge in [-0.3, -0.25) is 0 Å². The molecular formula is C20H14N2O5. The Labute approximate surface area is 152 Å². The lowest BCUT2D eigenvalue weighted by atomic mass is 10.0. The summed E-state index contributed by atoms with van der Waals surface area (Å²) in [6.45, 7) is 0. The van der Waals surface area contributed by atoms with Crippen LogP contribution in [0.1, 0.15) is 20.8 Å². The highest BCUT2D eigenvalue weighted by molar-refractivity contribution is 6.12. The normalized spacial score (nSPS) is 11.0. The summed E-state index contributed by atoms with van der Waals surface area (Å²) in [6, 6.07) is 13.4. The van der Waals surface area contributed by atoms with Crippen LogP contribution in [0.5, 0.6) is 5.75 Å². The minimum Gasteiger partial charge on any atom is -0.507 e. The van der Waals surface area contributed by atoms with Gasteiger partial charge in [-0.15, -0.1) is 0 Å². The predicted molar refractivity (Wildman–Crippen MR) is 99.0 cm³/mol. The average molecular weight is 362 g/mol. The first-order valence-electron chi connectivity index (χ1n) is 8.06. The van der Waals surface area contributed by atoms with Crippen molar-refractivity contribution in [1.29, 1.82) is 0 Å². The number of nitrogens with zero attached hydrogens (tertiary/aromatic N) is 1. The molecule has 7 nitrogen and oxygen atoms in total. The van der Waals surface area contributed by atoms with Crippen LogP contribution >= 0.6 is 0 Å². The van der Waals surface area contributed by atoms with Gasteiger partial charge in [-0.05, 0) is 30.3 Å². The van der Waals surface area contributed by atoms with Gasteiger partial charge < -0.3 is 19.9 Å². The maximum Gasteiger partial charge on any atom is 0.354 e. The molecule has 0 aliphatic rings. The Morgan fingerprint density at radius 1 is 1.07 bits per heavy atom. The molecule has 0 aliphatic heterocycles. The molecule has 0 bridgehead atoms. The number of aromatic amines is 1. The van der Waals surface area contributed by atoms with Gasteiger partial charge in [0.15, 0.2) is 0 Å². The van der Waals surface area contributed by atoms with Crippen LogP contribution in [-0.4, -0.2) is 39.2 Å². The van der Waals surface area contributed by atoms with E-state index in [1.807, 2.05) is 24.3 Å². The van der Waals surface area contributed by atoms with E-state index in [4.69, 9.17) is 0 Å². The number of fused-ring (bicyclic) bond motifs is 3. The monoisotopic (exact) mass is 362 g/mol. The van der Waals surface area contributed by atoms with E-state index in [1.54, 1.807) is 6.07 Å². The van der Waals surface area contributed by atoms with Crippen LogP contribution in [0.2, 0.25) is 0 Å². The van der Waals surface area contributed by atoms with E-state index in [9.17, 15) is 19.8 Å². The molecule has 0 unspecified atom stereocenters. The van der Waals surface area contributed by atoms with Crippen molar-refractivity contribution >= 4 is 33.7 Å². The summed E-state index contributed by atoms with van der Waals surface area (Å²) in [6.07, 6.45) is 0. The van der Waals surface area contributed by atoms with E-state index < -0.39 is 11.9 Å². The van der Waals surface area contributed by atoms with Crippen molar-refractivity contribution in [3.8, 4) is 17.0 Å². The number of hydrogen-bond acceptors (Lipinski definition) is 5. The molecule has 3 N–H and O–H groups in total. The van der Waals surface area contributed by atoms with E-state index in [0.717, 1.165) is 10.9 Å². The van der Waals surface area contributed by atoms with E-state index >= 15 is 0 Å².